The number of carbonyl (C=O) groups is 6. The minimum atomic E-state index is -2.85. The fraction of sp³-hybridized carbons (Fsp3) is 0.586. The second-order valence-electron chi connectivity index (χ2n) is 12.4. The zero-order valence-electron chi connectivity index (χ0n) is 24.5. The first kappa shape index (κ1) is 31.5. The number of benzene rings is 1. The summed E-state index contributed by atoms with van der Waals surface area (Å²) in [6.07, 6.45) is -0.370. The van der Waals surface area contributed by atoms with Crippen LogP contribution in [0.1, 0.15) is 41.8 Å². The van der Waals surface area contributed by atoms with Crippen LogP contribution in [0.2, 0.25) is 0 Å². The molecule has 0 aromatic heterocycles. The summed E-state index contributed by atoms with van der Waals surface area (Å²) in [6, 6.07) is -0.177. The number of nitrogens with two attached hydrogens (primary N) is 1. The number of likely N-dealkylation sites (N-methyl/N-ethyl adjacent to an activating group) is 3. The number of phenols is 1. The van der Waals surface area contributed by atoms with Crippen molar-refractivity contribution in [3.05, 3.63) is 28.6 Å². The standard InChI is InChI=1S/C29H37FN4O8/c1-28(2,17(36)10-32-3)34(6)11-13-9-16(35)19-14(21(13)30)7-12-8-15-22(33(4)5)24(38)20(27(31)41)26(40)29(15,42)25(39)18(12)23(19)37/h9,12,15,18,20,22,32,35,42H,7-8,10-11H2,1-6H3,(H2,31,41)/t12-,15-,18?,20?,22-,29-/m0/s1. The number of carbonyl (C=O) groups excluding carboxylic acids is 6. The number of ketones is 5. The molecule has 0 radical (unpaired) electrons. The highest BCUT2D eigenvalue weighted by Crippen LogP contribution is 2.51. The van der Waals surface area contributed by atoms with E-state index in [2.05, 4.69) is 5.32 Å². The molecule has 0 heterocycles. The normalized spacial score (nSPS) is 29.4. The molecule has 1 amide bonds. The van der Waals surface area contributed by atoms with E-state index < -0.39 is 87.0 Å². The van der Waals surface area contributed by atoms with E-state index in [1.807, 2.05) is 0 Å². The Labute approximate surface area is 242 Å². The van der Waals surface area contributed by atoms with Gasteiger partial charge in [-0.3, -0.25) is 38.6 Å². The Morgan fingerprint density at radius 2 is 1.79 bits per heavy atom. The molecule has 228 valence electrons. The zero-order chi connectivity index (χ0) is 31.6. The van der Waals surface area contributed by atoms with Crippen LogP contribution in [-0.4, -0.2) is 107 Å². The Balaban J connectivity index is 1.77. The predicted octanol–water partition coefficient (Wildman–Crippen LogP) is -0.995. The first-order valence-electron chi connectivity index (χ1n) is 13.7. The average molecular weight is 589 g/mol. The summed E-state index contributed by atoms with van der Waals surface area (Å²) < 4.78 is 16.0. The monoisotopic (exact) mass is 588 g/mol. The number of amides is 1. The van der Waals surface area contributed by atoms with Crippen molar-refractivity contribution in [2.75, 3.05) is 34.7 Å². The fourth-order valence-electron chi connectivity index (χ4n) is 6.87. The molecule has 4 rings (SSSR count). The van der Waals surface area contributed by atoms with Crippen LogP contribution in [0.4, 0.5) is 4.39 Å². The topological polar surface area (TPSA) is 187 Å². The quantitative estimate of drug-likeness (QED) is 0.273. The minimum absolute atomic E-state index is 0.0301. The number of aromatic hydroxyl groups is 1. The fourth-order valence-corrected chi connectivity index (χ4v) is 6.87. The number of Topliss-reactive ketones (excluding diaryl/α,β-unsaturated/α-hetero) is 5. The lowest BCUT2D eigenvalue weighted by Crippen LogP contribution is -2.74. The third-order valence-electron chi connectivity index (χ3n) is 9.45. The number of hydrogen-bond acceptors (Lipinski definition) is 11. The van der Waals surface area contributed by atoms with Crippen molar-refractivity contribution in [1.29, 1.82) is 0 Å². The van der Waals surface area contributed by atoms with Gasteiger partial charge in [0, 0.05) is 23.6 Å². The molecule has 3 aliphatic carbocycles. The highest BCUT2D eigenvalue weighted by Gasteiger charge is 2.69. The second kappa shape index (κ2) is 10.7. The van der Waals surface area contributed by atoms with E-state index in [4.69, 9.17) is 5.73 Å². The van der Waals surface area contributed by atoms with E-state index in [1.54, 1.807) is 32.8 Å². The van der Waals surface area contributed by atoms with Crippen LogP contribution in [0.15, 0.2) is 6.07 Å². The van der Waals surface area contributed by atoms with Gasteiger partial charge in [0.1, 0.15) is 11.6 Å². The van der Waals surface area contributed by atoms with Gasteiger partial charge in [-0.05, 0) is 66.9 Å². The molecule has 5 N–H and O–H groups in total. The molecule has 0 bridgehead atoms. The summed E-state index contributed by atoms with van der Waals surface area (Å²) in [5.41, 5.74) is 0.963. The first-order chi connectivity index (χ1) is 19.4. The number of phenolic OH excluding ortho intramolecular Hbond substituents is 1. The maximum absolute atomic E-state index is 16.0. The van der Waals surface area contributed by atoms with Gasteiger partial charge in [0.2, 0.25) is 5.91 Å². The van der Waals surface area contributed by atoms with Gasteiger partial charge < -0.3 is 21.3 Å². The summed E-state index contributed by atoms with van der Waals surface area (Å²) >= 11 is 0. The molecule has 1 aromatic rings. The molecule has 0 saturated heterocycles. The van der Waals surface area contributed by atoms with Crippen molar-refractivity contribution in [2.45, 2.75) is 50.4 Å². The van der Waals surface area contributed by atoms with Gasteiger partial charge in [-0.2, -0.15) is 0 Å². The summed E-state index contributed by atoms with van der Waals surface area (Å²) in [6.45, 7) is 3.37. The number of nitrogens with zero attached hydrogens (tertiary/aromatic N) is 2. The van der Waals surface area contributed by atoms with Gasteiger partial charge in [0.15, 0.2) is 40.4 Å². The van der Waals surface area contributed by atoms with E-state index in [1.165, 1.54) is 19.0 Å². The van der Waals surface area contributed by atoms with E-state index in [-0.39, 0.29) is 42.8 Å². The number of rotatable bonds is 8. The highest BCUT2D eigenvalue weighted by atomic mass is 19.1. The Bertz CT molecular complexity index is 1410. The maximum Gasteiger partial charge on any atom is 0.235 e. The van der Waals surface area contributed by atoms with E-state index in [0.29, 0.717) is 0 Å². The van der Waals surface area contributed by atoms with Crippen LogP contribution in [-0.2, 0) is 36.9 Å². The van der Waals surface area contributed by atoms with E-state index in [9.17, 15) is 39.0 Å². The molecule has 0 aliphatic heterocycles. The zero-order valence-corrected chi connectivity index (χ0v) is 24.5. The predicted molar refractivity (Wildman–Crippen MR) is 146 cm³/mol. The third-order valence-corrected chi connectivity index (χ3v) is 9.45. The van der Waals surface area contributed by atoms with Crippen molar-refractivity contribution in [2.24, 2.45) is 29.4 Å². The molecule has 42 heavy (non-hydrogen) atoms. The van der Waals surface area contributed by atoms with Crippen LogP contribution in [0.25, 0.3) is 0 Å². The molecule has 1 aromatic carbocycles. The van der Waals surface area contributed by atoms with Crippen LogP contribution < -0.4 is 11.1 Å². The highest BCUT2D eigenvalue weighted by molar-refractivity contribution is 6.32. The van der Waals surface area contributed by atoms with Gasteiger partial charge in [-0.25, -0.2) is 4.39 Å². The molecule has 2 unspecified atom stereocenters. The molecule has 2 fully saturated rings. The van der Waals surface area contributed by atoms with Crippen molar-refractivity contribution < 1.29 is 43.4 Å². The Kier molecular flexibility index (Phi) is 8.04. The van der Waals surface area contributed by atoms with Gasteiger partial charge in [0.05, 0.1) is 29.6 Å². The largest absolute Gasteiger partial charge is 0.507 e. The van der Waals surface area contributed by atoms with Crippen molar-refractivity contribution in [3.8, 4) is 5.75 Å². The van der Waals surface area contributed by atoms with Crippen molar-refractivity contribution in [1.82, 2.24) is 15.1 Å². The number of aliphatic hydroxyl groups is 1. The van der Waals surface area contributed by atoms with Crippen LogP contribution in [0.3, 0.4) is 0 Å². The number of nitrogens with one attached hydrogen (secondary N) is 1. The third kappa shape index (κ3) is 4.50. The Morgan fingerprint density at radius 1 is 1.17 bits per heavy atom. The number of halogens is 1. The van der Waals surface area contributed by atoms with Gasteiger partial charge in [-0.15, -0.1) is 0 Å². The van der Waals surface area contributed by atoms with Gasteiger partial charge in [0.25, 0.3) is 0 Å². The SMILES string of the molecule is CNCC(=O)C(C)(C)N(C)Cc1cc(O)c2c(c1F)C[C@H]1C[C@H]3[C@H](N(C)C)C(=O)C(C(N)=O)C(=O)[C@@]3(O)C(=O)C1C2=O. The van der Waals surface area contributed by atoms with E-state index in [0.717, 1.165) is 6.07 Å². The lowest BCUT2D eigenvalue weighted by atomic mass is 9.52. The van der Waals surface area contributed by atoms with Crippen LogP contribution in [0.5, 0.6) is 5.75 Å². The molecule has 12 nitrogen and oxygen atoms in total. The Hall–Kier alpha value is -3.39. The minimum Gasteiger partial charge on any atom is -0.507 e. The maximum atomic E-state index is 16.0. The molecular formula is C29H37FN4O8. The lowest BCUT2D eigenvalue weighted by molar-refractivity contribution is -0.181. The second-order valence-corrected chi connectivity index (χ2v) is 12.4. The first-order valence-corrected chi connectivity index (χ1v) is 13.7. The molecule has 13 heteroatoms. The summed E-state index contributed by atoms with van der Waals surface area (Å²) in [7, 11) is 6.23. The average Bonchev–Trinajstić information content (AvgIpc) is 2.88. The number of hydrogen-bond donors (Lipinski definition) is 4. The molecule has 3 aliphatic rings. The van der Waals surface area contributed by atoms with Crippen LogP contribution >= 0.6 is 0 Å². The molecule has 0 spiro atoms. The van der Waals surface area contributed by atoms with Crippen molar-refractivity contribution >= 4 is 34.8 Å². The van der Waals surface area contributed by atoms with E-state index >= 15 is 4.39 Å². The number of fused-ring (bicyclic) bond motifs is 3. The number of primary amides is 1. The molecule has 6 atom stereocenters. The lowest BCUT2D eigenvalue weighted by Gasteiger charge is -2.52. The van der Waals surface area contributed by atoms with Crippen molar-refractivity contribution in [3.63, 3.8) is 0 Å². The summed E-state index contributed by atoms with van der Waals surface area (Å²) in [5, 5.41) is 25.3. The van der Waals surface area contributed by atoms with Gasteiger partial charge >= 0.3 is 0 Å². The summed E-state index contributed by atoms with van der Waals surface area (Å²) in [5.74, 6) is -13.1. The molecular weight excluding hydrogens is 551 g/mol. The van der Waals surface area contributed by atoms with Gasteiger partial charge in [-0.1, -0.05) is 0 Å². The summed E-state index contributed by atoms with van der Waals surface area (Å²) in [4.78, 5) is 81.7. The molecule has 2 saturated carbocycles. The smallest absolute Gasteiger partial charge is 0.235 e. The Morgan fingerprint density at radius 3 is 2.33 bits per heavy atom. The van der Waals surface area contributed by atoms with Crippen LogP contribution in [0, 0.1) is 29.5 Å².